The smallest absolute Gasteiger partial charge is 0.280 e. The number of carbonyl (C=O) groups excluding carboxylic acids is 1. The average molecular weight is 371 g/mol. The molecule has 1 aliphatic carbocycles. The summed E-state index contributed by atoms with van der Waals surface area (Å²) in [6.07, 6.45) is 1.37. The summed E-state index contributed by atoms with van der Waals surface area (Å²) in [5, 5.41) is 0. The molecule has 0 fully saturated rings. The number of aliphatic imine (C=N–C) groups is 1. The maximum absolute atomic E-state index is 14.7. The Balaban J connectivity index is 2.20. The third kappa shape index (κ3) is 3.53. The molecular formula is C20H19F2N3O2. The van der Waals surface area contributed by atoms with E-state index < -0.39 is 17.5 Å². The summed E-state index contributed by atoms with van der Waals surface area (Å²) in [7, 11) is 1.34. The number of nitrogens with zero attached hydrogens (tertiary/aromatic N) is 1. The van der Waals surface area contributed by atoms with Gasteiger partial charge in [0.1, 0.15) is 17.4 Å². The van der Waals surface area contributed by atoms with Crippen LogP contribution in [-0.2, 0) is 6.42 Å². The Hall–Kier alpha value is -3.22. The van der Waals surface area contributed by atoms with E-state index in [1.165, 1.54) is 7.11 Å². The first-order valence-corrected chi connectivity index (χ1v) is 8.32. The number of hydrogen-bond donors (Lipinski definition) is 2. The number of hydrogen-bond acceptors (Lipinski definition) is 2. The van der Waals surface area contributed by atoms with Crippen LogP contribution < -0.4 is 16.2 Å². The fourth-order valence-corrected chi connectivity index (χ4v) is 3.27. The van der Waals surface area contributed by atoms with Crippen molar-refractivity contribution >= 4 is 17.4 Å². The molecule has 4 N–H and O–H groups in total. The Morgan fingerprint density at radius 2 is 1.78 bits per heavy atom. The summed E-state index contributed by atoms with van der Waals surface area (Å²) < 4.78 is 34.3. The van der Waals surface area contributed by atoms with Crippen molar-refractivity contribution in [3.05, 3.63) is 69.8 Å². The molecule has 0 saturated carbocycles. The first-order valence-electron chi connectivity index (χ1n) is 8.32. The van der Waals surface area contributed by atoms with Crippen molar-refractivity contribution in [3.8, 4) is 5.75 Å². The fourth-order valence-electron chi connectivity index (χ4n) is 3.27. The number of halogens is 2. The highest BCUT2D eigenvalue weighted by atomic mass is 19.1. The summed E-state index contributed by atoms with van der Waals surface area (Å²) in [4.78, 5) is 15.7. The predicted molar refractivity (Wildman–Crippen MR) is 99.5 cm³/mol. The largest absolute Gasteiger partial charge is 0.497 e. The SMILES string of the molecule is COc1cc(F)c(C2=C(C)CCc3ccc(C(=O)N=C(N)N)cc32)c(F)c1. The van der Waals surface area contributed by atoms with Crippen LogP contribution in [0, 0.1) is 11.6 Å². The van der Waals surface area contributed by atoms with Gasteiger partial charge in [0.05, 0.1) is 12.7 Å². The number of carbonyl (C=O) groups is 1. The van der Waals surface area contributed by atoms with Crippen molar-refractivity contribution in [2.45, 2.75) is 19.8 Å². The van der Waals surface area contributed by atoms with Crippen LogP contribution in [0.25, 0.3) is 5.57 Å². The number of nitrogens with two attached hydrogens (primary N) is 2. The van der Waals surface area contributed by atoms with Crippen LogP contribution in [0.1, 0.15) is 40.4 Å². The van der Waals surface area contributed by atoms with Crippen molar-refractivity contribution in [3.63, 3.8) is 0 Å². The molecule has 7 heteroatoms. The van der Waals surface area contributed by atoms with Crippen LogP contribution in [0.2, 0.25) is 0 Å². The zero-order valence-electron chi connectivity index (χ0n) is 15.0. The Morgan fingerprint density at radius 1 is 1.11 bits per heavy atom. The summed E-state index contributed by atoms with van der Waals surface area (Å²) in [6.45, 7) is 1.83. The summed E-state index contributed by atoms with van der Waals surface area (Å²) in [5.41, 5.74) is 13.4. The van der Waals surface area contributed by atoms with Crippen LogP contribution in [-0.4, -0.2) is 19.0 Å². The molecule has 0 bridgehead atoms. The zero-order chi connectivity index (χ0) is 19.7. The van der Waals surface area contributed by atoms with Gasteiger partial charge in [-0.05, 0) is 48.6 Å². The monoisotopic (exact) mass is 371 g/mol. The lowest BCUT2D eigenvalue weighted by molar-refractivity contribution is 0.100. The summed E-state index contributed by atoms with van der Waals surface area (Å²) >= 11 is 0. The number of methoxy groups -OCH3 is 1. The Bertz CT molecular complexity index is 970. The number of fused-ring (bicyclic) bond motifs is 1. The van der Waals surface area contributed by atoms with E-state index in [4.69, 9.17) is 16.2 Å². The highest BCUT2D eigenvalue weighted by Crippen LogP contribution is 2.39. The molecule has 2 aromatic rings. The van der Waals surface area contributed by atoms with Gasteiger partial charge in [0, 0.05) is 17.7 Å². The van der Waals surface area contributed by atoms with Crippen molar-refractivity contribution in [1.29, 1.82) is 0 Å². The number of aryl methyl sites for hydroxylation is 1. The molecule has 2 aromatic carbocycles. The standard InChI is InChI=1S/C20H19F2N3O2/c1-10-3-4-11-5-6-12(19(26)25-20(23)24)7-14(11)17(10)18-15(21)8-13(27-2)9-16(18)22/h5-9H,3-4H2,1-2H3,(H4,23,24,25,26). The van der Waals surface area contributed by atoms with Crippen LogP contribution in [0.15, 0.2) is 40.9 Å². The molecule has 0 saturated heterocycles. The second-order valence-corrected chi connectivity index (χ2v) is 6.34. The topological polar surface area (TPSA) is 90.7 Å². The van der Waals surface area contributed by atoms with Gasteiger partial charge in [-0.2, -0.15) is 4.99 Å². The molecule has 0 heterocycles. The van der Waals surface area contributed by atoms with E-state index in [1.54, 1.807) is 18.2 Å². The minimum Gasteiger partial charge on any atom is -0.497 e. The van der Waals surface area contributed by atoms with Gasteiger partial charge < -0.3 is 16.2 Å². The van der Waals surface area contributed by atoms with Crippen molar-refractivity contribution < 1.29 is 18.3 Å². The number of amides is 1. The highest BCUT2D eigenvalue weighted by Gasteiger charge is 2.25. The normalized spacial score (nSPS) is 13.2. The van der Waals surface area contributed by atoms with E-state index in [-0.39, 0.29) is 22.8 Å². The zero-order valence-corrected chi connectivity index (χ0v) is 15.0. The second kappa shape index (κ2) is 7.19. The quantitative estimate of drug-likeness (QED) is 0.641. The van der Waals surface area contributed by atoms with Gasteiger partial charge in [-0.1, -0.05) is 11.6 Å². The lowest BCUT2D eigenvalue weighted by Crippen LogP contribution is -2.24. The summed E-state index contributed by atoms with van der Waals surface area (Å²) in [5.74, 6) is -2.32. The van der Waals surface area contributed by atoms with E-state index in [1.807, 2.05) is 6.92 Å². The van der Waals surface area contributed by atoms with E-state index in [0.29, 0.717) is 24.0 Å². The molecular weight excluding hydrogens is 352 g/mol. The first kappa shape index (κ1) is 18.6. The van der Waals surface area contributed by atoms with Crippen molar-refractivity contribution in [2.24, 2.45) is 16.5 Å². The molecule has 0 atom stereocenters. The Morgan fingerprint density at radius 3 is 2.37 bits per heavy atom. The fraction of sp³-hybridized carbons (Fsp3) is 0.200. The van der Waals surface area contributed by atoms with Gasteiger partial charge in [0.15, 0.2) is 5.96 Å². The van der Waals surface area contributed by atoms with Gasteiger partial charge in [-0.3, -0.25) is 4.79 Å². The minimum absolute atomic E-state index is 0.0970. The molecule has 1 aliphatic rings. The molecule has 1 amide bonds. The van der Waals surface area contributed by atoms with Crippen molar-refractivity contribution in [2.75, 3.05) is 7.11 Å². The van der Waals surface area contributed by atoms with Gasteiger partial charge in [0.25, 0.3) is 5.91 Å². The molecule has 0 aromatic heterocycles. The minimum atomic E-state index is -0.727. The number of benzene rings is 2. The number of rotatable bonds is 3. The molecule has 5 nitrogen and oxygen atoms in total. The summed E-state index contributed by atoms with van der Waals surface area (Å²) in [6, 6.07) is 7.22. The first-order chi connectivity index (χ1) is 12.8. The third-order valence-electron chi connectivity index (χ3n) is 4.55. The van der Waals surface area contributed by atoms with Gasteiger partial charge in [-0.15, -0.1) is 0 Å². The van der Waals surface area contributed by atoms with E-state index in [2.05, 4.69) is 4.99 Å². The van der Waals surface area contributed by atoms with Crippen LogP contribution >= 0.6 is 0 Å². The highest BCUT2D eigenvalue weighted by molar-refractivity contribution is 6.03. The van der Waals surface area contributed by atoms with Crippen LogP contribution in [0.3, 0.4) is 0 Å². The molecule has 0 spiro atoms. The van der Waals surface area contributed by atoms with Gasteiger partial charge in [0.2, 0.25) is 0 Å². The third-order valence-corrected chi connectivity index (χ3v) is 4.55. The second-order valence-electron chi connectivity index (χ2n) is 6.34. The lowest BCUT2D eigenvalue weighted by atomic mass is 9.81. The molecule has 0 aliphatic heterocycles. The Kier molecular flexibility index (Phi) is 4.94. The van der Waals surface area contributed by atoms with Crippen LogP contribution in [0.5, 0.6) is 5.75 Å². The number of allylic oxidation sites excluding steroid dienone is 1. The van der Waals surface area contributed by atoms with E-state index >= 15 is 0 Å². The number of ether oxygens (including phenoxy) is 1. The molecule has 3 rings (SSSR count). The number of guanidine groups is 1. The van der Waals surface area contributed by atoms with Crippen LogP contribution in [0.4, 0.5) is 8.78 Å². The van der Waals surface area contributed by atoms with E-state index in [9.17, 15) is 13.6 Å². The van der Waals surface area contributed by atoms with Crippen molar-refractivity contribution in [1.82, 2.24) is 0 Å². The molecule has 140 valence electrons. The predicted octanol–water partition coefficient (Wildman–Crippen LogP) is 3.16. The Labute approximate surface area is 155 Å². The van der Waals surface area contributed by atoms with E-state index in [0.717, 1.165) is 23.3 Å². The molecule has 0 radical (unpaired) electrons. The molecule has 0 unspecified atom stereocenters. The van der Waals surface area contributed by atoms with Gasteiger partial charge in [-0.25, -0.2) is 8.78 Å². The lowest BCUT2D eigenvalue weighted by Gasteiger charge is -2.23. The maximum Gasteiger partial charge on any atom is 0.280 e. The van der Waals surface area contributed by atoms with Gasteiger partial charge >= 0.3 is 0 Å². The maximum atomic E-state index is 14.7. The molecule has 27 heavy (non-hydrogen) atoms. The average Bonchev–Trinajstić information content (AvgIpc) is 2.61.